The van der Waals surface area contributed by atoms with E-state index in [-0.39, 0.29) is 12.0 Å². The van der Waals surface area contributed by atoms with E-state index in [9.17, 15) is 9.59 Å². The summed E-state index contributed by atoms with van der Waals surface area (Å²) in [5, 5.41) is 6.46. The van der Waals surface area contributed by atoms with Gasteiger partial charge in [-0.3, -0.25) is 4.79 Å². The molecule has 3 N–H and O–H groups in total. The van der Waals surface area contributed by atoms with Gasteiger partial charge in [0.05, 0.1) is 18.2 Å². The van der Waals surface area contributed by atoms with E-state index in [0.29, 0.717) is 35.3 Å². The van der Waals surface area contributed by atoms with Crippen LogP contribution in [0.3, 0.4) is 0 Å². The van der Waals surface area contributed by atoms with Crippen LogP contribution in [0.5, 0.6) is 0 Å². The van der Waals surface area contributed by atoms with E-state index >= 15 is 0 Å². The Bertz CT molecular complexity index is 603. The van der Waals surface area contributed by atoms with Gasteiger partial charge in [-0.1, -0.05) is 5.16 Å². The molecule has 8 heteroatoms. The van der Waals surface area contributed by atoms with E-state index in [1.54, 1.807) is 31.2 Å². The zero-order valence-electron chi connectivity index (χ0n) is 12.6. The van der Waals surface area contributed by atoms with Crippen molar-refractivity contribution >= 4 is 38.1 Å². The van der Waals surface area contributed by atoms with E-state index in [0.717, 1.165) is 0 Å². The van der Waals surface area contributed by atoms with Crippen LogP contribution >= 0.6 is 15.9 Å². The first-order chi connectivity index (χ1) is 11.0. The maximum atomic E-state index is 12.1. The van der Waals surface area contributed by atoms with Crippen molar-refractivity contribution < 1.29 is 19.2 Å². The summed E-state index contributed by atoms with van der Waals surface area (Å²) in [5.41, 5.74) is 6.86. The summed E-state index contributed by atoms with van der Waals surface area (Å²) in [7, 11) is 0. The summed E-state index contributed by atoms with van der Waals surface area (Å²) < 4.78 is 5.61. The Hall–Kier alpha value is -1.93. The van der Waals surface area contributed by atoms with Crippen LogP contribution in [0.1, 0.15) is 30.1 Å². The minimum Gasteiger partial charge on any atom is -0.462 e. The SMILES string of the molecule is CCOC(=O)c1ccc(NC(=O)[C@@H](N)CC2CC(Br)=NO2)cc1. The molecule has 0 saturated carbocycles. The number of halogens is 1. The number of amides is 1. The van der Waals surface area contributed by atoms with Gasteiger partial charge in [-0.15, -0.1) is 0 Å². The summed E-state index contributed by atoms with van der Waals surface area (Å²) >= 11 is 3.23. The van der Waals surface area contributed by atoms with Gasteiger partial charge in [0.15, 0.2) is 0 Å². The summed E-state index contributed by atoms with van der Waals surface area (Å²) in [6, 6.07) is 5.72. The van der Waals surface area contributed by atoms with Crippen molar-refractivity contribution in [2.24, 2.45) is 10.9 Å². The van der Waals surface area contributed by atoms with Gasteiger partial charge in [-0.25, -0.2) is 4.79 Å². The molecular formula is C15H18BrN3O4. The second-order valence-corrected chi connectivity index (χ2v) is 5.94. The summed E-state index contributed by atoms with van der Waals surface area (Å²) in [4.78, 5) is 28.7. The summed E-state index contributed by atoms with van der Waals surface area (Å²) in [6.45, 7) is 2.06. The topological polar surface area (TPSA) is 103 Å². The van der Waals surface area contributed by atoms with E-state index in [1.807, 2.05) is 0 Å². The number of hydrogen-bond donors (Lipinski definition) is 2. The molecule has 0 bridgehead atoms. The lowest BCUT2D eigenvalue weighted by molar-refractivity contribution is -0.118. The summed E-state index contributed by atoms with van der Waals surface area (Å²) in [6.07, 6.45) is 0.775. The zero-order chi connectivity index (χ0) is 16.8. The van der Waals surface area contributed by atoms with Gasteiger partial charge in [-0.05, 0) is 47.1 Å². The lowest BCUT2D eigenvalue weighted by atomic mass is 10.1. The van der Waals surface area contributed by atoms with Crippen LogP contribution < -0.4 is 11.1 Å². The van der Waals surface area contributed by atoms with Gasteiger partial charge in [-0.2, -0.15) is 0 Å². The predicted octanol–water partition coefficient (Wildman–Crippen LogP) is 2.02. The van der Waals surface area contributed by atoms with E-state index in [4.69, 9.17) is 15.3 Å². The number of esters is 1. The lowest BCUT2D eigenvalue weighted by Crippen LogP contribution is -2.38. The van der Waals surface area contributed by atoms with Gasteiger partial charge in [0.1, 0.15) is 10.7 Å². The van der Waals surface area contributed by atoms with Crippen LogP contribution in [0.15, 0.2) is 29.4 Å². The lowest BCUT2D eigenvalue weighted by Gasteiger charge is -2.15. The molecule has 0 aliphatic carbocycles. The highest BCUT2D eigenvalue weighted by molar-refractivity contribution is 9.18. The number of nitrogens with zero attached hydrogens (tertiary/aromatic N) is 1. The number of rotatable bonds is 6. The molecule has 0 aromatic heterocycles. The molecule has 0 spiro atoms. The predicted molar refractivity (Wildman–Crippen MR) is 89.5 cm³/mol. The molecular weight excluding hydrogens is 366 g/mol. The first kappa shape index (κ1) is 17.4. The molecule has 0 fully saturated rings. The molecule has 2 rings (SSSR count). The molecule has 1 amide bonds. The standard InChI is InChI=1S/C15H18BrN3O4/c1-2-22-15(21)9-3-5-10(6-4-9)18-14(20)12(17)7-11-8-13(16)19-23-11/h3-6,11-12H,2,7-8,17H2,1H3,(H,18,20)/t11?,12-/m0/s1. The monoisotopic (exact) mass is 383 g/mol. The number of nitrogens with two attached hydrogens (primary N) is 1. The molecule has 1 unspecified atom stereocenters. The van der Waals surface area contributed by atoms with Crippen molar-refractivity contribution in [3.05, 3.63) is 29.8 Å². The Morgan fingerprint density at radius 1 is 1.48 bits per heavy atom. The van der Waals surface area contributed by atoms with Gasteiger partial charge in [0, 0.05) is 18.5 Å². The Kier molecular flexibility index (Phi) is 6.12. The number of ether oxygens (including phenoxy) is 1. The van der Waals surface area contributed by atoms with Crippen molar-refractivity contribution in [3.8, 4) is 0 Å². The van der Waals surface area contributed by atoms with Gasteiger partial charge in [0.2, 0.25) is 5.91 Å². The first-order valence-electron chi connectivity index (χ1n) is 7.21. The largest absolute Gasteiger partial charge is 0.462 e. The van der Waals surface area contributed by atoms with E-state index in [2.05, 4.69) is 26.4 Å². The summed E-state index contributed by atoms with van der Waals surface area (Å²) in [5.74, 6) is -0.716. The third-order valence-electron chi connectivity index (χ3n) is 3.21. The molecule has 1 aromatic carbocycles. The second-order valence-electron chi connectivity index (χ2n) is 5.03. The fourth-order valence-corrected chi connectivity index (χ4v) is 2.49. The van der Waals surface area contributed by atoms with Crippen LogP contribution in [0.4, 0.5) is 5.69 Å². The fraction of sp³-hybridized carbons (Fsp3) is 0.400. The maximum absolute atomic E-state index is 12.1. The van der Waals surface area contributed by atoms with Gasteiger partial charge < -0.3 is 20.6 Å². The van der Waals surface area contributed by atoms with Crippen molar-refractivity contribution in [1.29, 1.82) is 0 Å². The Morgan fingerprint density at radius 3 is 2.74 bits per heavy atom. The molecule has 2 atom stereocenters. The maximum Gasteiger partial charge on any atom is 0.338 e. The Morgan fingerprint density at radius 2 is 2.17 bits per heavy atom. The molecule has 0 radical (unpaired) electrons. The smallest absolute Gasteiger partial charge is 0.338 e. The Balaban J connectivity index is 1.86. The quantitative estimate of drug-likeness (QED) is 0.731. The molecule has 1 aliphatic heterocycles. The number of hydrogen-bond acceptors (Lipinski definition) is 6. The highest BCUT2D eigenvalue weighted by Gasteiger charge is 2.25. The number of carbonyl (C=O) groups is 2. The van der Waals surface area contributed by atoms with Crippen LogP contribution in [-0.4, -0.2) is 35.3 Å². The zero-order valence-corrected chi connectivity index (χ0v) is 14.2. The van der Waals surface area contributed by atoms with Crippen LogP contribution in [0.25, 0.3) is 0 Å². The third kappa shape index (κ3) is 5.04. The minimum atomic E-state index is -0.710. The molecule has 124 valence electrons. The van der Waals surface area contributed by atoms with Crippen molar-refractivity contribution in [2.45, 2.75) is 31.9 Å². The highest BCUT2D eigenvalue weighted by Crippen LogP contribution is 2.18. The van der Waals surface area contributed by atoms with E-state index in [1.165, 1.54) is 0 Å². The molecule has 1 aromatic rings. The minimum absolute atomic E-state index is 0.198. The molecule has 7 nitrogen and oxygen atoms in total. The van der Waals surface area contributed by atoms with Gasteiger partial charge in [0.25, 0.3) is 0 Å². The molecule has 1 aliphatic rings. The normalized spacial score (nSPS) is 17.9. The fourth-order valence-electron chi connectivity index (χ4n) is 2.05. The first-order valence-corrected chi connectivity index (χ1v) is 8.00. The average molecular weight is 384 g/mol. The third-order valence-corrected chi connectivity index (χ3v) is 3.68. The second kappa shape index (κ2) is 8.07. The number of oxime groups is 1. The van der Waals surface area contributed by atoms with Crippen molar-refractivity contribution in [3.63, 3.8) is 0 Å². The van der Waals surface area contributed by atoms with Gasteiger partial charge >= 0.3 is 5.97 Å². The van der Waals surface area contributed by atoms with E-state index < -0.39 is 12.0 Å². The number of nitrogens with one attached hydrogen (secondary N) is 1. The highest BCUT2D eigenvalue weighted by atomic mass is 79.9. The van der Waals surface area contributed by atoms with Crippen LogP contribution in [-0.2, 0) is 14.4 Å². The number of carbonyl (C=O) groups excluding carboxylic acids is 2. The number of benzene rings is 1. The number of anilines is 1. The van der Waals surface area contributed by atoms with Crippen molar-refractivity contribution in [1.82, 2.24) is 0 Å². The van der Waals surface area contributed by atoms with Crippen LogP contribution in [0.2, 0.25) is 0 Å². The van der Waals surface area contributed by atoms with Crippen LogP contribution in [0, 0.1) is 0 Å². The van der Waals surface area contributed by atoms with Crippen molar-refractivity contribution in [2.75, 3.05) is 11.9 Å². The molecule has 0 saturated heterocycles. The Labute approximate surface area is 142 Å². The molecule has 23 heavy (non-hydrogen) atoms. The molecule has 1 heterocycles. The average Bonchev–Trinajstić information content (AvgIpc) is 2.93.